The molecule has 1 aliphatic rings. The number of aromatic nitrogens is 1. The SMILES string of the molecule is CCC(Sc1nc2c(cc1C#N)CCCCC2)C(=O)Nc1cccc(C)c1. The Kier molecular flexibility index (Phi) is 6.52. The van der Waals surface area contributed by atoms with E-state index in [0.717, 1.165) is 42.6 Å². The molecule has 140 valence electrons. The fourth-order valence-corrected chi connectivity index (χ4v) is 4.36. The standard InChI is InChI=1S/C22H25N3OS/c1-3-20(21(26)24-18-10-7-8-15(2)12-18)27-22-17(14-23)13-16-9-5-4-6-11-19(16)25-22/h7-8,10,12-13,20H,3-6,9,11H2,1-2H3,(H,24,26). The lowest BCUT2D eigenvalue weighted by atomic mass is 10.1. The van der Waals surface area contributed by atoms with Gasteiger partial charge in [-0.05, 0) is 68.4 Å². The molecule has 1 aromatic carbocycles. The summed E-state index contributed by atoms with van der Waals surface area (Å²) in [7, 11) is 0. The van der Waals surface area contributed by atoms with E-state index in [0.29, 0.717) is 17.0 Å². The van der Waals surface area contributed by atoms with Crippen LogP contribution < -0.4 is 5.32 Å². The number of hydrogen-bond donors (Lipinski definition) is 1. The Bertz CT molecular complexity index is 872. The highest BCUT2D eigenvalue weighted by Gasteiger charge is 2.22. The van der Waals surface area contributed by atoms with E-state index in [-0.39, 0.29) is 11.2 Å². The van der Waals surface area contributed by atoms with Crippen molar-refractivity contribution in [2.75, 3.05) is 5.32 Å². The van der Waals surface area contributed by atoms with Crippen LogP contribution >= 0.6 is 11.8 Å². The lowest BCUT2D eigenvalue weighted by molar-refractivity contribution is -0.115. The van der Waals surface area contributed by atoms with Gasteiger partial charge in [-0.25, -0.2) is 4.98 Å². The maximum Gasteiger partial charge on any atom is 0.237 e. The lowest BCUT2D eigenvalue weighted by Gasteiger charge is -2.16. The Morgan fingerprint density at radius 1 is 1.30 bits per heavy atom. The molecule has 3 rings (SSSR count). The molecule has 0 fully saturated rings. The van der Waals surface area contributed by atoms with E-state index in [1.165, 1.54) is 23.7 Å². The molecular formula is C22H25N3OS. The molecule has 0 spiro atoms. The zero-order chi connectivity index (χ0) is 19.2. The average Bonchev–Trinajstić information content (AvgIpc) is 2.89. The summed E-state index contributed by atoms with van der Waals surface area (Å²) in [5.74, 6) is -0.0475. The monoisotopic (exact) mass is 379 g/mol. The quantitative estimate of drug-likeness (QED) is 0.584. The van der Waals surface area contributed by atoms with Crippen molar-refractivity contribution >= 4 is 23.4 Å². The van der Waals surface area contributed by atoms with Crippen molar-refractivity contribution < 1.29 is 4.79 Å². The first kappa shape index (κ1) is 19.4. The zero-order valence-electron chi connectivity index (χ0n) is 15.9. The minimum atomic E-state index is -0.283. The van der Waals surface area contributed by atoms with Crippen molar-refractivity contribution in [3.05, 3.63) is 52.7 Å². The van der Waals surface area contributed by atoms with Gasteiger partial charge in [-0.2, -0.15) is 5.26 Å². The Labute approximate surface area is 165 Å². The van der Waals surface area contributed by atoms with Crippen LogP contribution in [0.2, 0.25) is 0 Å². The number of pyridine rings is 1. The number of anilines is 1. The smallest absolute Gasteiger partial charge is 0.237 e. The first-order valence-corrected chi connectivity index (χ1v) is 10.5. The minimum absolute atomic E-state index is 0.0475. The van der Waals surface area contributed by atoms with Gasteiger partial charge < -0.3 is 5.32 Å². The molecule has 1 unspecified atom stereocenters. The van der Waals surface area contributed by atoms with E-state index in [4.69, 9.17) is 4.98 Å². The average molecular weight is 380 g/mol. The summed E-state index contributed by atoms with van der Waals surface area (Å²) in [6, 6.07) is 12.0. The van der Waals surface area contributed by atoms with Crippen LogP contribution in [0.15, 0.2) is 35.4 Å². The maximum absolute atomic E-state index is 12.8. The third kappa shape index (κ3) is 4.90. The van der Waals surface area contributed by atoms with Crippen LogP contribution in [0, 0.1) is 18.3 Å². The van der Waals surface area contributed by atoms with Crippen LogP contribution in [0.1, 0.15) is 55.0 Å². The maximum atomic E-state index is 12.8. The second-order valence-corrected chi connectivity index (χ2v) is 8.18. The van der Waals surface area contributed by atoms with Gasteiger partial charge in [0.15, 0.2) is 0 Å². The molecule has 1 atom stereocenters. The molecule has 5 heteroatoms. The molecule has 0 bridgehead atoms. The van der Waals surface area contributed by atoms with E-state index in [2.05, 4.69) is 11.4 Å². The topological polar surface area (TPSA) is 65.8 Å². The fraction of sp³-hybridized carbons (Fsp3) is 0.409. The predicted octanol–water partition coefficient (Wildman–Crippen LogP) is 5.04. The molecule has 1 N–H and O–H groups in total. The Morgan fingerprint density at radius 2 is 2.11 bits per heavy atom. The number of hydrogen-bond acceptors (Lipinski definition) is 4. The van der Waals surface area contributed by atoms with Crippen molar-refractivity contribution in [3.8, 4) is 6.07 Å². The van der Waals surface area contributed by atoms with Gasteiger partial charge in [-0.3, -0.25) is 4.79 Å². The van der Waals surface area contributed by atoms with Gasteiger partial charge in [-0.15, -0.1) is 0 Å². The Hall–Kier alpha value is -2.32. The van der Waals surface area contributed by atoms with Crippen molar-refractivity contribution in [3.63, 3.8) is 0 Å². The zero-order valence-corrected chi connectivity index (χ0v) is 16.7. The Morgan fingerprint density at radius 3 is 2.85 bits per heavy atom. The third-order valence-electron chi connectivity index (χ3n) is 4.84. The number of thioether (sulfide) groups is 1. The molecule has 0 saturated heterocycles. The van der Waals surface area contributed by atoms with Gasteiger partial charge >= 0.3 is 0 Å². The van der Waals surface area contributed by atoms with Crippen molar-refractivity contribution in [2.24, 2.45) is 0 Å². The van der Waals surface area contributed by atoms with Crippen LogP contribution in [0.25, 0.3) is 0 Å². The summed E-state index contributed by atoms with van der Waals surface area (Å²) in [6.07, 6.45) is 6.13. The number of rotatable bonds is 5. The van der Waals surface area contributed by atoms with Gasteiger partial charge in [0.1, 0.15) is 11.1 Å². The minimum Gasteiger partial charge on any atom is -0.325 e. The number of fused-ring (bicyclic) bond motifs is 1. The summed E-state index contributed by atoms with van der Waals surface area (Å²) in [5, 5.41) is 13.0. The molecule has 1 amide bonds. The molecule has 4 nitrogen and oxygen atoms in total. The van der Waals surface area contributed by atoms with Crippen LogP contribution in [0.4, 0.5) is 5.69 Å². The van der Waals surface area contributed by atoms with E-state index in [1.807, 2.05) is 44.2 Å². The summed E-state index contributed by atoms with van der Waals surface area (Å²) in [4.78, 5) is 17.6. The molecule has 0 aliphatic heterocycles. The second-order valence-electron chi connectivity index (χ2n) is 6.99. The van der Waals surface area contributed by atoms with Crippen molar-refractivity contribution in [1.29, 1.82) is 5.26 Å². The number of carbonyl (C=O) groups is 1. The van der Waals surface area contributed by atoms with E-state index in [1.54, 1.807) is 0 Å². The van der Waals surface area contributed by atoms with Crippen molar-refractivity contribution in [1.82, 2.24) is 4.98 Å². The van der Waals surface area contributed by atoms with Gasteiger partial charge in [0.25, 0.3) is 0 Å². The van der Waals surface area contributed by atoms with Gasteiger partial charge in [0, 0.05) is 11.4 Å². The molecule has 1 heterocycles. The fourth-order valence-electron chi connectivity index (χ4n) is 3.36. The number of nitrogens with one attached hydrogen (secondary N) is 1. The van der Waals surface area contributed by atoms with Crippen LogP contribution in [0.3, 0.4) is 0 Å². The first-order valence-electron chi connectivity index (χ1n) is 9.57. The molecule has 0 saturated carbocycles. The highest BCUT2D eigenvalue weighted by Crippen LogP contribution is 2.31. The number of benzene rings is 1. The summed E-state index contributed by atoms with van der Waals surface area (Å²) >= 11 is 1.41. The summed E-state index contributed by atoms with van der Waals surface area (Å²) in [5.41, 5.74) is 4.79. The normalized spacial score (nSPS) is 14.6. The predicted molar refractivity (Wildman–Crippen MR) is 110 cm³/mol. The molecule has 0 radical (unpaired) electrons. The van der Waals surface area contributed by atoms with E-state index in [9.17, 15) is 10.1 Å². The number of nitriles is 1. The summed E-state index contributed by atoms with van der Waals surface area (Å²) < 4.78 is 0. The number of carbonyl (C=O) groups excluding carboxylic acids is 1. The molecule has 2 aromatic rings. The Balaban J connectivity index is 1.80. The molecular weight excluding hydrogens is 354 g/mol. The molecule has 1 aromatic heterocycles. The highest BCUT2D eigenvalue weighted by atomic mass is 32.2. The van der Waals surface area contributed by atoms with Crippen LogP contribution in [-0.4, -0.2) is 16.1 Å². The lowest BCUT2D eigenvalue weighted by Crippen LogP contribution is -2.25. The van der Waals surface area contributed by atoms with Gasteiger partial charge in [0.05, 0.1) is 10.8 Å². The third-order valence-corrected chi connectivity index (χ3v) is 6.21. The van der Waals surface area contributed by atoms with Crippen molar-refractivity contribution in [2.45, 2.75) is 62.6 Å². The highest BCUT2D eigenvalue weighted by molar-refractivity contribution is 8.00. The van der Waals surface area contributed by atoms with Gasteiger partial charge in [-0.1, -0.05) is 37.2 Å². The largest absolute Gasteiger partial charge is 0.325 e. The number of aryl methyl sites for hydroxylation is 3. The van der Waals surface area contributed by atoms with Gasteiger partial charge in [0.2, 0.25) is 5.91 Å². The molecule has 1 aliphatic carbocycles. The number of amides is 1. The molecule has 27 heavy (non-hydrogen) atoms. The second kappa shape index (κ2) is 9.05. The van der Waals surface area contributed by atoms with Crippen LogP contribution in [0.5, 0.6) is 0 Å². The summed E-state index contributed by atoms with van der Waals surface area (Å²) in [6.45, 7) is 3.99. The first-order chi connectivity index (χ1) is 13.1. The number of nitrogens with zero attached hydrogens (tertiary/aromatic N) is 2. The van der Waals surface area contributed by atoms with E-state index < -0.39 is 0 Å². The van der Waals surface area contributed by atoms with Crippen LogP contribution in [-0.2, 0) is 17.6 Å². The van der Waals surface area contributed by atoms with E-state index >= 15 is 0 Å².